The van der Waals surface area contributed by atoms with Gasteiger partial charge in [0.15, 0.2) is 0 Å². The van der Waals surface area contributed by atoms with E-state index in [0.29, 0.717) is 6.54 Å². The highest BCUT2D eigenvalue weighted by Gasteiger charge is 2.32. The Morgan fingerprint density at radius 2 is 2.25 bits per heavy atom. The van der Waals surface area contributed by atoms with Gasteiger partial charge >= 0.3 is 0 Å². The molecule has 0 spiro atoms. The van der Waals surface area contributed by atoms with Crippen LogP contribution >= 0.6 is 11.3 Å². The molecular formula is C16H20N6OS. The molecule has 1 aliphatic rings. The second-order valence-electron chi connectivity index (χ2n) is 6.15. The monoisotopic (exact) mass is 344 g/mol. The van der Waals surface area contributed by atoms with Gasteiger partial charge in [-0.15, -0.1) is 11.3 Å². The molecule has 1 amide bonds. The maximum Gasteiger partial charge on any atom is 0.264 e. The van der Waals surface area contributed by atoms with Crippen LogP contribution in [0.2, 0.25) is 0 Å². The minimum absolute atomic E-state index is 0.0457. The number of rotatable bonds is 2. The molecule has 0 saturated carbocycles. The van der Waals surface area contributed by atoms with Crippen LogP contribution in [0.25, 0.3) is 10.2 Å². The van der Waals surface area contributed by atoms with Crippen LogP contribution in [0.4, 0.5) is 0 Å². The van der Waals surface area contributed by atoms with E-state index in [1.807, 2.05) is 47.4 Å². The fourth-order valence-electron chi connectivity index (χ4n) is 3.33. The van der Waals surface area contributed by atoms with Crippen molar-refractivity contribution < 1.29 is 4.79 Å². The van der Waals surface area contributed by atoms with Gasteiger partial charge in [-0.1, -0.05) is 0 Å². The molecule has 1 saturated heterocycles. The normalized spacial score (nSPS) is 18.5. The highest BCUT2D eigenvalue weighted by Crippen LogP contribution is 2.31. The Bertz CT molecular complexity index is 873. The molecule has 1 unspecified atom stereocenters. The number of piperazine rings is 1. The second kappa shape index (κ2) is 5.71. The molecule has 0 aromatic carbocycles. The molecule has 0 bridgehead atoms. The van der Waals surface area contributed by atoms with Crippen LogP contribution in [-0.2, 0) is 14.1 Å². The molecular weight excluding hydrogens is 324 g/mol. The molecule has 3 aromatic heterocycles. The van der Waals surface area contributed by atoms with Crippen molar-refractivity contribution in [3.63, 3.8) is 0 Å². The number of aryl methyl sites for hydroxylation is 3. The number of nitrogens with zero attached hydrogens (tertiary/aromatic N) is 5. The van der Waals surface area contributed by atoms with Gasteiger partial charge in [-0.2, -0.15) is 5.10 Å². The first-order valence-corrected chi connectivity index (χ1v) is 8.80. The van der Waals surface area contributed by atoms with E-state index in [9.17, 15) is 4.79 Å². The summed E-state index contributed by atoms with van der Waals surface area (Å²) in [6.07, 6.45) is 3.70. The first-order valence-electron chi connectivity index (χ1n) is 7.98. The minimum atomic E-state index is -0.0457. The summed E-state index contributed by atoms with van der Waals surface area (Å²) in [6.45, 7) is 4.19. The Hall–Kier alpha value is -2.19. The molecule has 7 nitrogen and oxygen atoms in total. The highest BCUT2D eigenvalue weighted by atomic mass is 32.1. The minimum Gasteiger partial charge on any atom is -0.336 e. The van der Waals surface area contributed by atoms with E-state index in [0.717, 1.165) is 39.7 Å². The predicted molar refractivity (Wildman–Crippen MR) is 93.2 cm³/mol. The molecule has 126 valence electrons. The molecule has 24 heavy (non-hydrogen) atoms. The van der Waals surface area contributed by atoms with Gasteiger partial charge in [-0.3, -0.25) is 9.48 Å². The van der Waals surface area contributed by atoms with Crippen molar-refractivity contribution in [2.45, 2.75) is 13.0 Å². The summed E-state index contributed by atoms with van der Waals surface area (Å²) < 4.78 is 3.83. The summed E-state index contributed by atoms with van der Waals surface area (Å²) in [7, 11) is 3.88. The van der Waals surface area contributed by atoms with Crippen LogP contribution in [-0.4, -0.2) is 49.8 Å². The SMILES string of the molecule is Cc1nn(C)c2sc(C(=O)N3CCNCC3c3nccn3C)cc12. The first-order chi connectivity index (χ1) is 11.6. The van der Waals surface area contributed by atoms with Gasteiger partial charge in [0, 0.05) is 51.5 Å². The molecule has 1 fully saturated rings. The van der Waals surface area contributed by atoms with E-state index in [1.165, 1.54) is 11.3 Å². The lowest BCUT2D eigenvalue weighted by Crippen LogP contribution is -2.49. The summed E-state index contributed by atoms with van der Waals surface area (Å²) >= 11 is 1.51. The van der Waals surface area contributed by atoms with E-state index < -0.39 is 0 Å². The molecule has 0 radical (unpaired) electrons. The van der Waals surface area contributed by atoms with Crippen molar-refractivity contribution in [2.24, 2.45) is 14.1 Å². The van der Waals surface area contributed by atoms with Gasteiger partial charge in [0.2, 0.25) is 0 Å². The number of thiophene rings is 1. The zero-order chi connectivity index (χ0) is 16.8. The van der Waals surface area contributed by atoms with Gasteiger partial charge in [0.05, 0.1) is 10.6 Å². The summed E-state index contributed by atoms with van der Waals surface area (Å²) in [5, 5.41) is 8.84. The van der Waals surface area contributed by atoms with Crippen LogP contribution in [0.1, 0.15) is 27.2 Å². The lowest BCUT2D eigenvalue weighted by molar-refractivity contribution is 0.0626. The van der Waals surface area contributed by atoms with Gasteiger partial charge in [-0.25, -0.2) is 4.98 Å². The topological polar surface area (TPSA) is 68.0 Å². The van der Waals surface area contributed by atoms with Gasteiger partial charge in [0.25, 0.3) is 5.91 Å². The predicted octanol–water partition coefficient (Wildman–Crippen LogP) is 1.46. The van der Waals surface area contributed by atoms with Crippen LogP contribution in [0.5, 0.6) is 0 Å². The number of imidazole rings is 1. The van der Waals surface area contributed by atoms with Gasteiger partial charge in [-0.05, 0) is 13.0 Å². The summed E-state index contributed by atoms with van der Waals surface area (Å²) in [4.78, 5) is 21.3. The Morgan fingerprint density at radius 1 is 1.42 bits per heavy atom. The van der Waals surface area contributed by atoms with E-state index in [2.05, 4.69) is 15.4 Å². The largest absolute Gasteiger partial charge is 0.336 e. The van der Waals surface area contributed by atoms with Crippen molar-refractivity contribution in [3.8, 4) is 0 Å². The molecule has 4 rings (SSSR count). The van der Waals surface area contributed by atoms with Crippen molar-refractivity contribution in [3.05, 3.63) is 34.9 Å². The number of aromatic nitrogens is 4. The average molecular weight is 344 g/mol. The zero-order valence-corrected chi connectivity index (χ0v) is 14.8. The fraction of sp³-hybridized carbons (Fsp3) is 0.438. The number of hydrogen-bond donors (Lipinski definition) is 1. The van der Waals surface area contributed by atoms with E-state index >= 15 is 0 Å². The van der Waals surface area contributed by atoms with E-state index in [4.69, 9.17) is 0 Å². The zero-order valence-electron chi connectivity index (χ0n) is 14.0. The van der Waals surface area contributed by atoms with E-state index in [1.54, 1.807) is 6.20 Å². The number of carbonyl (C=O) groups is 1. The van der Waals surface area contributed by atoms with Crippen LogP contribution < -0.4 is 5.32 Å². The van der Waals surface area contributed by atoms with Crippen molar-refractivity contribution >= 4 is 27.5 Å². The third-order valence-electron chi connectivity index (χ3n) is 4.57. The Labute approximate surface area is 143 Å². The van der Waals surface area contributed by atoms with Crippen molar-refractivity contribution in [2.75, 3.05) is 19.6 Å². The molecule has 3 aromatic rings. The van der Waals surface area contributed by atoms with E-state index in [-0.39, 0.29) is 11.9 Å². The second-order valence-corrected chi connectivity index (χ2v) is 7.18. The van der Waals surface area contributed by atoms with Crippen LogP contribution in [0, 0.1) is 6.92 Å². The summed E-state index contributed by atoms with van der Waals surface area (Å²) in [5.74, 6) is 0.986. The number of hydrogen-bond acceptors (Lipinski definition) is 5. The van der Waals surface area contributed by atoms with Crippen LogP contribution in [0.15, 0.2) is 18.5 Å². The first kappa shape index (κ1) is 15.3. The Balaban J connectivity index is 1.70. The maximum atomic E-state index is 13.1. The standard InChI is InChI=1S/C16H20N6OS/c1-10-11-8-13(24-16(11)21(3)19-10)15(23)22-7-4-17-9-12(22)14-18-5-6-20(14)2/h5-6,8,12,17H,4,7,9H2,1-3H3. The third kappa shape index (κ3) is 2.33. The summed E-state index contributed by atoms with van der Waals surface area (Å²) in [6, 6.07) is 1.93. The molecule has 4 heterocycles. The lowest BCUT2D eigenvalue weighted by Gasteiger charge is -2.35. The van der Waals surface area contributed by atoms with Crippen molar-refractivity contribution in [1.82, 2.24) is 29.5 Å². The third-order valence-corrected chi connectivity index (χ3v) is 5.76. The Kier molecular flexibility index (Phi) is 3.65. The van der Waals surface area contributed by atoms with Gasteiger partial charge < -0.3 is 14.8 Å². The molecule has 8 heteroatoms. The molecule has 1 aliphatic heterocycles. The number of fused-ring (bicyclic) bond motifs is 1. The molecule has 1 N–H and O–H groups in total. The fourth-order valence-corrected chi connectivity index (χ4v) is 4.41. The smallest absolute Gasteiger partial charge is 0.264 e. The van der Waals surface area contributed by atoms with Crippen molar-refractivity contribution in [1.29, 1.82) is 0 Å². The molecule has 1 atom stereocenters. The van der Waals surface area contributed by atoms with Gasteiger partial charge in [0.1, 0.15) is 16.7 Å². The number of carbonyl (C=O) groups excluding carboxylic acids is 1. The number of nitrogens with one attached hydrogen (secondary N) is 1. The molecule has 0 aliphatic carbocycles. The average Bonchev–Trinajstić information content (AvgIpc) is 3.25. The summed E-state index contributed by atoms with van der Waals surface area (Å²) in [5.41, 5.74) is 0.962. The quantitative estimate of drug-likeness (QED) is 0.764. The van der Waals surface area contributed by atoms with Crippen LogP contribution in [0.3, 0.4) is 0 Å². The highest BCUT2D eigenvalue weighted by molar-refractivity contribution is 7.20. The Morgan fingerprint density at radius 3 is 2.96 bits per heavy atom. The maximum absolute atomic E-state index is 13.1. The number of amides is 1. The lowest BCUT2D eigenvalue weighted by atomic mass is 10.1.